The van der Waals surface area contributed by atoms with Gasteiger partial charge in [-0.2, -0.15) is 0 Å². The van der Waals surface area contributed by atoms with Gasteiger partial charge in [0.2, 0.25) is 0 Å². The Balaban J connectivity index is 1.75. The first kappa shape index (κ1) is 14.9. The molecule has 118 valence electrons. The van der Waals surface area contributed by atoms with Crippen molar-refractivity contribution in [1.82, 2.24) is 15.2 Å². The molecule has 2 aliphatic rings. The highest BCUT2D eigenvalue weighted by atomic mass is 16.6. The van der Waals surface area contributed by atoms with Crippen LogP contribution in [0.15, 0.2) is 12.3 Å². The monoisotopic (exact) mass is 304 g/mol. The summed E-state index contributed by atoms with van der Waals surface area (Å²) in [4.78, 5) is 28.8. The van der Waals surface area contributed by atoms with E-state index in [1.54, 1.807) is 11.8 Å². The Bertz CT molecular complexity index is 601. The zero-order valence-electron chi connectivity index (χ0n) is 12.7. The molecule has 1 aromatic rings. The van der Waals surface area contributed by atoms with Crippen LogP contribution in [0.1, 0.15) is 35.3 Å². The first-order chi connectivity index (χ1) is 10.5. The number of carbonyl (C=O) groups is 1. The Hall–Kier alpha value is -2.02. The molecule has 1 spiro atoms. The van der Waals surface area contributed by atoms with Crippen LogP contribution < -0.4 is 5.32 Å². The number of hydrogen-bond donors (Lipinski definition) is 1. The minimum Gasteiger partial charge on any atom is -0.339 e. The highest BCUT2D eigenvalue weighted by Crippen LogP contribution is 2.37. The summed E-state index contributed by atoms with van der Waals surface area (Å²) in [6, 6.07) is 1.34. The van der Waals surface area contributed by atoms with Crippen molar-refractivity contribution in [2.75, 3.05) is 26.2 Å². The van der Waals surface area contributed by atoms with E-state index in [2.05, 4.69) is 10.3 Å². The van der Waals surface area contributed by atoms with Crippen molar-refractivity contribution >= 4 is 11.6 Å². The molecule has 2 fully saturated rings. The zero-order chi connectivity index (χ0) is 15.7. The first-order valence-electron chi connectivity index (χ1n) is 7.62. The van der Waals surface area contributed by atoms with Crippen LogP contribution in [0.4, 0.5) is 5.69 Å². The van der Waals surface area contributed by atoms with E-state index in [0.717, 1.165) is 25.9 Å². The molecule has 0 bridgehead atoms. The summed E-state index contributed by atoms with van der Waals surface area (Å²) in [5.74, 6) is -0.144. The Labute approximate surface area is 128 Å². The summed E-state index contributed by atoms with van der Waals surface area (Å²) in [7, 11) is 0. The van der Waals surface area contributed by atoms with Gasteiger partial charge in [-0.05, 0) is 38.1 Å². The molecule has 3 heterocycles. The average molecular weight is 304 g/mol. The van der Waals surface area contributed by atoms with Crippen molar-refractivity contribution in [3.05, 3.63) is 33.6 Å². The Morgan fingerprint density at radius 3 is 2.73 bits per heavy atom. The fourth-order valence-electron chi connectivity index (χ4n) is 3.42. The number of piperidine rings is 1. The molecule has 7 heteroatoms. The first-order valence-corrected chi connectivity index (χ1v) is 7.62. The van der Waals surface area contributed by atoms with Gasteiger partial charge in [-0.1, -0.05) is 0 Å². The summed E-state index contributed by atoms with van der Waals surface area (Å²) in [5.41, 5.74) is 1.09. The number of aromatic nitrogens is 1. The van der Waals surface area contributed by atoms with Crippen LogP contribution in [0, 0.1) is 22.5 Å². The van der Waals surface area contributed by atoms with Crippen molar-refractivity contribution in [3.63, 3.8) is 0 Å². The van der Waals surface area contributed by atoms with Gasteiger partial charge in [0, 0.05) is 25.7 Å². The molecule has 0 radical (unpaired) electrons. The standard InChI is InChI=1S/C15H20N4O3/c1-11-13(8-12(9-17-11)19(21)22)14(20)18-6-3-15(4-7-18)2-5-16-10-15/h8-9,16H,2-7,10H2,1H3. The molecule has 22 heavy (non-hydrogen) atoms. The zero-order valence-corrected chi connectivity index (χ0v) is 12.7. The molecular weight excluding hydrogens is 284 g/mol. The molecular formula is C15H20N4O3. The minimum atomic E-state index is -0.515. The highest BCUT2D eigenvalue weighted by Gasteiger charge is 2.38. The van der Waals surface area contributed by atoms with Gasteiger partial charge in [-0.15, -0.1) is 0 Å². The lowest BCUT2D eigenvalue weighted by Crippen LogP contribution is -2.44. The maximum absolute atomic E-state index is 12.6. The number of nitrogens with zero attached hydrogens (tertiary/aromatic N) is 3. The van der Waals surface area contributed by atoms with Crippen LogP contribution in [0.5, 0.6) is 0 Å². The van der Waals surface area contributed by atoms with Crippen LogP contribution in [-0.2, 0) is 0 Å². The van der Waals surface area contributed by atoms with Crippen molar-refractivity contribution in [2.45, 2.75) is 26.2 Å². The van der Waals surface area contributed by atoms with Crippen molar-refractivity contribution in [3.8, 4) is 0 Å². The van der Waals surface area contributed by atoms with Gasteiger partial charge in [-0.3, -0.25) is 19.9 Å². The van der Waals surface area contributed by atoms with Crippen LogP contribution in [0.2, 0.25) is 0 Å². The molecule has 7 nitrogen and oxygen atoms in total. The van der Waals surface area contributed by atoms with E-state index in [1.807, 2.05) is 0 Å². The molecule has 1 aromatic heterocycles. The lowest BCUT2D eigenvalue weighted by molar-refractivity contribution is -0.385. The third-order valence-electron chi connectivity index (χ3n) is 4.96. The Kier molecular flexibility index (Phi) is 3.82. The Morgan fingerprint density at radius 1 is 1.41 bits per heavy atom. The second kappa shape index (κ2) is 5.64. The van der Waals surface area contributed by atoms with E-state index in [1.165, 1.54) is 18.7 Å². The second-order valence-corrected chi connectivity index (χ2v) is 6.30. The molecule has 0 aliphatic carbocycles. The van der Waals surface area contributed by atoms with E-state index >= 15 is 0 Å². The second-order valence-electron chi connectivity index (χ2n) is 6.30. The number of likely N-dealkylation sites (tertiary alicyclic amines) is 1. The van der Waals surface area contributed by atoms with E-state index in [-0.39, 0.29) is 11.6 Å². The smallest absolute Gasteiger partial charge is 0.288 e. The number of nitro groups is 1. The number of nitrogens with one attached hydrogen (secondary N) is 1. The molecule has 0 aromatic carbocycles. The molecule has 0 atom stereocenters. The maximum Gasteiger partial charge on any atom is 0.288 e. The Morgan fingerprint density at radius 2 is 2.14 bits per heavy atom. The quantitative estimate of drug-likeness (QED) is 0.661. The third-order valence-corrected chi connectivity index (χ3v) is 4.96. The fraction of sp³-hybridized carbons (Fsp3) is 0.600. The SMILES string of the molecule is Cc1ncc([N+](=O)[O-])cc1C(=O)N1CCC2(CCNC2)CC1. The van der Waals surface area contributed by atoms with E-state index in [4.69, 9.17) is 0 Å². The predicted octanol–water partition coefficient (Wildman–Crippen LogP) is 1.51. The lowest BCUT2D eigenvalue weighted by atomic mass is 9.78. The number of carbonyl (C=O) groups excluding carboxylic acids is 1. The van der Waals surface area contributed by atoms with E-state index in [0.29, 0.717) is 29.8 Å². The summed E-state index contributed by atoms with van der Waals surface area (Å²) in [6.07, 6.45) is 4.36. The summed E-state index contributed by atoms with van der Waals surface area (Å²) in [6.45, 7) is 5.23. The normalized spacial score (nSPS) is 20.3. The highest BCUT2D eigenvalue weighted by molar-refractivity contribution is 5.95. The van der Waals surface area contributed by atoms with Crippen LogP contribution in [-0.4, -0.2) is 46.9 Å². The largest absolute Gasteiger partial charge is 0.339 e. The van der Waals surface area contributed by atoms with Crippen LogP contribution in [0.25, 0.3) is 0 Å². The van der Waals surface area contributed by atoms with Gasteiger partial charge >= 0.3 is 0 Å². The van der Waals surface area contributed by atoms with E-state index < -0.39 is 4.92 Å². The van der Waals surface area contributed by atoms with Gasteiger partial charge < -0.3 is 10.2 Å². The molecule has 1 N–H and O–H groups in total. The average Bonchev–Trinajstić information content (AvgIpc) is 2.96. The molecule has 1 amide bonds. The fourth-order valence-corrected chi connectivity index (χ4v) is 3.42. The number of hydrogen-bond acceptors (Lipinski definition) is 5. The van der Waals surface area contributed by atoms with E-state index in [9.17, 15) is 14.9 Å². The number of amides is 1. The lowest BCUT2D eigenvalue weighted by Gasteiger charge is -2.39. The maximum atomic E-state index is 12.6. The molecule has 2 aliphatic heterocycles. The van der Waals surface area contributed by atoms with Gasteiger partial charge in [-0.25, -0.2) is 0 Å². The topological polar surface area (TPSA) is 88.4 Å². The number of pyridine rings is 1. The summed E-state index contributed by atoms with van der Waals surface area (Å²) >= 11 is 0. The predicted molar refractivity (Wildman–Crippen MR) is 80.7 cm³/mol. The van der Waals surface area contributed by atoms with Gasteiger partial charge in [0.05, 0.1) is 16.2 Å². The van der Waals surface area contributed by atoms with Gasteiger partial charge in [0.15, 0.2) is 0 Å². The van der Waals surface area contributed by atoms with Crippen LogP contribution >= 0.6 is 0 Å². The number of aryl methyl sites for hydroxylation is 1. The van der Waals surface area contributed by atoms with Gasteiger partial charge in [0.1, 0.15) is 6.20 Å². The van der Waals surface area contributed by atoms with Crippen molar-refractivity contribution in [2.24, 2.45) is 5.41 Å². The van der Waals surface area contributed by atoms with Gasteiger partial charge in [0.25, 0.3) is 11.6 Å². The number of rotatable bonds is 2. The summed E-state index contributed by atoms with van der Waals surface area (Å²) in [5, 5.41) is 14.3. The third kappa shape index (κ3) is 2.68. The molecule has 3 rings (SSSR count). The molecule has 2 saturated heterocycles. The summed E-state index contributed by atoms with van der Waals surface area (Å²) < 4.78 is 0. The van der Waals surface area contributed by atoms with Crippen molar-refractivity contribution < 1.29 is 9.72 Å². The molecule has 0 unspecified atom stereocenters. The van der Waals surface area contributed by atoms with Crippen LogP contribution in [0.3, 0.4) is 0 Å². The minimum absolute atomic E-state index is 0.137. The molecule has 0 saturated carbocycles. The van der Waals surface area contributed by atoms with Crippen molar-refractivity contribution in [1.29, 1.82) is 0 Å².